The first-order chi connectivity index (χ1) is 23.7. The van der Waals surface area contributed by atoms with Gasteiger partial charge in [0.1, 0.15) is 0 Å². The van der Waals surface area contributed by atoms with Gasteiger partial charge in [0.25, 0.3) is 0 Å². The smallest absolute Gasteiger partial charge is 0.306 e. The van der Waals surface area contributed by atoms with Crippen LogP contribution in [0.15, 0.2) is 54.9 Å². The number of pyridine rings is 3. The van der Waals surface area contributed by atoms with Crippen LogP contribution < -0.4 is 20.7 Å². The van der Waals surface area contributed by atoms with Gasteiger partial charge in [-0.05, 0) is 62.7 Å². The van der Waals surface area contributed by atoms with Gasteiger partial charge in [0.05, 0.1) is 35.1 Å². The van der Waals surface area contributed by atoms with Crippen molar-refractivity contribution >= 4 is 35.0 Å². The molecule has 0 bridgehead atoms. The summed E-state index contributed by atoms with van der Waals surface area (Å²) in [6, 6.07) is 11.6. The van der Waals surface area contributed by atoms with Gasteiger partial charge in [0.15, 0.2) is 17.5 Å². The number of rotatable bonds is 12. The maximum atomic E-state index is 16.1. The molecule has 1 atom stereocenters. The van der Waals surface area contributed by atoms with Crippen LogP contribution in [-0.4, -0.2) is 69.6 Å². The Morgan fingerprint density at radius 1 is 1.04 bits per heavy atom. The molecule has 4 N–H and O–H groups in total. The molecule has 14 heteroatoms. The van der Waals surface area contributed by atoms with Crippen molar-refractivity contribution in [1.29, 1.82) is 0 Å². The minimum absolute atomic E-state index is 0.0135. The molecule has 3 aromatic heterocycles. The summed E-state index contributed by atoms with van der Waals surface area (Å²) >= 11 is 6.84. The number of carbonyl (C=O) groups excluding carboxylic acids is 1. The molecule has 1 amide bonds. The molecule has 2 aliphatic rings. The van der Waals surface area contributed by atoms with Crippen LogP contribution in [0.5, 0.6) is 5.88 Å². The highest BCUT2D eigenvalue weighted by atomic mass is 35.5. The number of nitrogens with one attached hydrogen (secondary N) is 3. The number of hydrogen-bond acceptors (Lipinski definition) is 9. The molecule has 4 aromatic rings. The van der Waals surface area contributed by atoms with Crippen LogP contribution >= 0.6 is 11.6 Å². The summed E-state index contributed by atoms with van der Waals surface area (Å²) in [5.41, 5.74) is 2.47. The predicted octanol–water partition coefficient (Wildman–Crippen LogP) is 5.55. The van der Waals surface area contributed by atoms with E-state index in [1.165, 1.54) is 31.6 Å². The normalized spacial score (nSPS) is 16.8. The molecule has 0 saturated carbocycles. The summed E-state index contributed by atoms with van der Waals surface area (Å²) in [4.78, 5) is 37.9. The maximum Gasteiger partial charge on any atom is 0.306 e. The van der Waals surface area contributed by atoms with Crippen molar-refractivity contribution in [2.75, 3.05) is 32.1 Å². The number of hydrogen-bond donors (Lipinski definition) is 4. The van der Waals surface area contributed by atoms with Gasteiger partial charge in [-0.2, -0.15) is 0 Å². The average molecular weight is 692 g/mol. The fraction of sp³-hybridized carbons (Fsp3) is 0.343. The number of likely N-dealkylation sites (tertiary alicyclic amines) is 1. The number of benzene rings is 1. The van der Waals surface area contributed by atoms with Crippen molar-refractivity contribution < 1.29 is 28.2 Å². The minimum Gasteiger partial charge on any atom is -0.481 e. The van der Waals surface area contributed by atoms with Crippen molar-refractivity contribution in [3.63, 3.8) is 0 Å². The van der Waals surface area contributed by atoms with Crippen LogP contribution in [-0.2, 0) is 22.7 Å². The number of ether oxygens (including phenoxy) is 1. The van der Waals surface area contributed by atoms with Gasteiger partial charge in [-0.3, -0.25) is 19.5 Å². The number of carboxylic acid groups (broad SMARTS) is 1. The number of piperidine rings is 1. The Bertz CT molecular complexity index is 1860. The number of amides is 1. The molecule has 1 aromatic carbocycles. The van der Waals surface area contributed by atoms with E-state index in [2.05, 4.69) is 30.9 Å². The van der Waals surface area contributed by atoms with Crippen molar-refractivity contribution in [3.8, 4) is 28.4 Å². The van der Waals surface area contributed by atoms with Crippen molar-refractivity contribution in [3.05, 3.63) is 82.6 Å². The van der Waals surface area contributed by atoms with E-state index in [0.29, 0.717) is 68.1 Å². The highest BCUT2D eigenvalue weighted by molar-refractivity contribution is 6.35. The maximum absolute atomic E-state index is 16.1. The van der Waals surface area contributed by atoms with Gasteiger partial charge in [-0.25, -0.2) is 18.7 Å². The Kier molecular flexibility index (Phi) is 10.6. The molecule has 11 nitrogen and oxygen atoms in total. The molecule has 0 aliphatic carbocycles. The van der Waals surface area contributed by atoms with Gasteiger partial charge in [0, 0.05) is 66.7 Å². The number of halogens is 3. The van der Waals surface area contributed by atoms with E-state index in [1.807, 2.05) is 11.0 Å². The quantitative estimate of drug-likeness (QED) is 0.149. The Hall–Kier alpha value is -4.72. The molecule has 49 heavy (non-hydrogen) atoms. The SMILES string of the molecule is COc1nc(-c2ccnc(-c3cccc(Nc4nccc(CN5CCC(C(=O)O)CC5)c4F)c3F)c2Cl)ccc1CNC[C@@H]1CCC(=O)N1. The first kappa shape index (κ1) is 34.2. The van der Waals surface area contributed by atoms with Crippen molar-refractivity contribution in [2.45, 2.75) is 44.8 Å². The second kappa shape index (κ2) is 15.2. The zero-order valence-electron chi connectivity index (χ0n) is 26.8. The number of aliphatic carboxylic acids is 1. The third-order valence-electron chi connectivity index (χ3n) is 8.90. The Labute approximate surface area is 287 Å². The van der Waals surface area contributed by atoms with Gasteiger partial charge in [-0.1, -0.05) is 23.7 Å². The molecule has 0 unspecified atom stereocenters. The van der Waals surface area contributed by atoms with Crippen molar-refractivity contribution in [1.82, 2.24) is 30.5 Å². The predicted molar refractivity (Wildman–Crippen MR) is 180 cm³/mol. The second-order valence-corrected chi connectivity index (χ2v) is 12.5. The van der Waals surface area contributed by atoms with E-state index < -0.39 is 17.6 Å². The van der Waals surface area contributed by atoms with Crippen LogP contribution in [0.1, 0.15) is 36.8 Å². The van der Waals surface area contributed by atoms with Crippen LogP contribution in [0.4, 0.5) is 20.3 Å². The fourth-order valence-corrected chi connectivity index (χ4v) is 6.49. The van der Waals surface area contributed by atoms with Crippen LogP contribution in [0.2, 0.25) is 5.02 Å². The topological polar surface area (TPSA) is 142 Å². The summed E-state index contributed by atoms with van der Waals surface area (Å²) in [6.45, 7) is 2.46. The molecule has 0 radical (unpaired) electrons. The summed E-state index contributed by atoms with van der Waals surface area (Å²) in [5, 5.41) is 18.5. The zero-order valence-corrected chi connectivity index (χ0v) is 27.6. The van der Waals surface area contributed by atoms with Gasteiger partial charge in [-0.15, -0.1) is 0 Å². The number of aromatic nitrogens is 3. The lowest BCUT2D eigenvalue weighted by atomic mass is 9.97. The summed E-state index contributed by atoms with van der Waals surface area (Å²) in [5.74, 6) is -2.18. The van der Waals surface area contributed by atoms with E-state index >= 15 is 8.78 Å². The molecule has 5 heterocycles. The Morgan fingerprint density at radius 2 is 1.84 bits per heavy atom. The molecule has 256 valence electrons. The standard InChI is InChI=1S/C35H36ClF2N7O4/c1-49-34-21(17-39-18-23-6-8-28(46)42-23)5-7-26(44-34)24-10-14-40-32(29(24)36)25-3-2-4-27(31(25)38)43-33-30(37)22(9-13-41-33)19-45-15-11-20(12-16-45)35(47)48/h2-5,7,9-10,13-14,20,23,39H,6,8,11-12,15-19H2,1H3,(H,41,43)(H,42,46)(H,47,48)/t23-/m0/s1. The molecular weight excluding hydrogens is 656 g/mol. The van der Waals surface area contributed by atoms with Gasteiger partial charge >= 0.3 is 5.97 Å². The first-order valence-electron chi connectivity index (χ1n) is 16.0. The van der Waals surface area contributed by atoms with Gasteiger partial charge in [0.2, 0.25) is 11.8 Å². The molecule has 2 aliphatic heterocycles. The first-order valence-corrected chi connectivity index (χ1v) is 16.4. The van der Waals surface area contributed by atoms with Crippen LogP contribution in [0, 0.1) is 17.6 Å². The average Bonchev–Trinajstić information content (AvgIpc) is 3.52. The summed E-state index contributed by atoms with van der Waals surface area (Å²) in [6.07, 6.45) is 5.29. The lowest BCUT2D eigenvalue weighted by Gasteiger charge is -2.30. The third-order valence-corrected chi connectivity index (χ3v) is 9.28. The largest absolute Gasteiger partial charge is 0.481 e. The number of anilines is 2. The van der Waals surface area contributed by atoms with E-state index in [1.54, 1.807) is 24.3 Å². The molecule has 0 spiro atoms. The highest BCUT2D eigenvalue weighted by Gasteiger charge is 2.26. The Morgan fingerprint density at radius 3 is 2.57 bits per heavy atom. The van der Waals surface area contributed by atoms with Crippen LogP contribution in [0.3, 0.4) is 0 Å². The zero-order chi connectivity index (χ0) is 34.5. The molecule has 2 fully saturated rings. The molecular formula is C35H36ClF2N7O4. The number of carbonyl (C=O) groups is 2. The number of nitrogens with zero attached hydrogens (tertiary/aromatic N) is 4. The number of carboxylic acids is 1. The highest BCUT2D eigenvalue weighted by Crippen LogP contribution is 2.38. The molecule has 6 rings (SSSR count). The van der Waals surface area contributed by atoms with Crippen LogP contribution in [0.25, 0.3) is 22.5 Å². The summed E-state index contributed by atoms with van der Waals surface area (Å²) < 4.78 is 37.2. The summed E-state index contributed by atoms with van der Waals surface area (Å²) in [7, 11) is 1.53. The number of methoxy groups -OCH3 is 1. The monoisotopic (exact) mass is 691 g/mol. The van der Waals surface area contributed by atoms with Crippen molar-refractivity contribution in [2.24, 2.45) is 5.92 Å². The fourth-order valence-electron chi connectivity index (χ4n) is 6.18. The van der Waals surface area contributed by atoms with E-state index in [4.69, 9.17) is 16.3 Å². The third kappa shape index (κ3) is 7.79. The van der Waals surface area contributed by atoms with E-state index in [0.717, 1.165) is 12.0 Å². The van der Waals surface area contributed by atoms with E-state index in [9.17, 15) is 14.7 Å². The lowest BCUT2D eigenvalue weighted by Crippen LogP contribution is -2.36. The van der Waals surface area contributed by atoms with Gasteiger partial charge < -0.3 is 25.8 Å². The minimum atomic E-state index is -0.808. The lowest BCUT2D eigenvalue weighted by molar-refractivity contribution is -0.143. The molecule has 2 saturated heterocycles. The van der Waals surface area contributed by atoms with E-state index in [-0.39, 0.29) is 52.2 Å². The second-order valence-electron chi connectivity index (χ2n) is 12.1. The Balaban J connectivity index is 1.18.